The maximum Gasteiger partial charge on any atom is 0.321 e. The van der Waals surface area contributed by atoms with Gasteiger partial charge in [-0.3, -0.25) is 14.9 Å². The molecule has 7 heteroatoms. The van der Waals surface area contributed by atoms with Gasteiger partial charge in [0.1, 0.15) is 0 Å². The fourth-order valence-electron chi connectivity index (χ4n) is 3.24. The van der Waals surface area contributed by atoms with Gasteiger partial charge in [0.05, 0.1) is 19.1 Å². The van der Waals surface area contributed by atoms with Crippen molar-refractivity contribution in [1.82, 2.24) is 10.6 Å². The van der Waals surface area contributed by atoms with Crippen LogP contribution in [0.3, 0.4) is 0 Å². The lowest BCUT2D eigenvalue weighted by atomic mass is 9.79. The Morgan fingerprint density at radius 1 is 1.19 bits per heavy atom. The SMILES string of the molecule is O=C(O)CC1(CC(=O)NC(=O)NC2CCOC2)CCCC1. The molecule has 7 nitrogen and oxygen atoms in total. The zero-order valence-electron chi connectivity index (χ0n) is 12.0. The molecule has 3 amide bonds. The van der Waals surface area contributed by atoms with Gasteiger partial charge < -0.3 is 15.2 Å². The molecule has 0 aromatic carbocycles. The van der Waals surface area contributed by atoms with Gasteiger partial charge >= 0.3 is 12.0 Å². The van der Waals surface area contributed by atoms with Gasteiger partial charge in [0.25, 0.3) is 0 Å². The number of urea groups is 1. The van der Waals surface area contributed by atoms with Gasteiger partial charge in [-0.2, -0.15) is 0 Å². The van der Waals surface area contributed by atoms with Crippen molar-refractivity contribution in [1.29, 1.82) is 0 Å². The Hall–Kier alpha value is -1.63. The van der Waals surface area contributed by atoms with E-state index >= 15 is 0 Å². The second-order valence-electron chi connectivity index (χ2n) is 6.04. The Bertz CT molecular complexity index is 412. The largest absolute Gasteiger partial charge is 0.481 e. The van der Waals surface area contributed by atoms with Crippen molar-refractivity contribution in [3.05, 3.63) is 0 Å². The number of carboxylic acids is 1. The van der Waals surface area contributed by atoms with Gasteiger partial charge in [0.2, 0.25) is 5.91 Å². The first-order valence-corrected chi connectivity index (χ1v) is 7.39. The van der Waals surface area contributed by atoms with Gasteiger partial charge in [-0.1, -0.05) is 12.8 Å². The zero-order chi connectivity index (χ0) is 15.3. The summed E-state index contributed by atoms with van der Waals surface area (Å²) in [6, 6.07) is -0.587. The third kappa shape index (κ3) is 4.70. The highest BCUT2D eigenvalue weighted by molar-refractivity contribution is 5.94. The molecule has 2 aliphatic rings. The highest BCUT2D eigenvalue weighted by atomic mass is 16.5. The third-order valence-electron chi connectivity index (χ3n) is 4.24. The van der Waals surface area contributed by atoms with Crippen LogP contribution in [0.1, 0.15) is 44.9 Å². The van der Waals surface area contributed by atoms with E-state index in [4.69, 9.17) is 9.84 Å². The molecule has 3 N–H and O–H groups in total. The molecular weight excluding hydrogens is 276 g/mol. The highest BCUT2D eigenvalue weighted by Gasteiger charge is 2.38. The molecule has 0 bridgehead atoms. The summed E-state index contributed by atoms with van der Waals surface area (Å²) in [5.74, 6) is -1.30. The number of rotatable bonds is 5. The van der Waals surface area contributed by atoms with E-state index in [-0.39, 0.29) is 18.9 Å². The van der Waals surface area contributed by atoms with E-state index in [1.165, 1.54) is 0 Å². The summed E-state index contributed by atoms with van der Waals surface area (Å²) in [4.78, 5) is 34.6. The minimum absolute atomic E-state index is 0.0154. The lowest BCUT2D eigenvalue weighted by Gasteiger charge is -2.26. The second-order valence-corrected chi connectivity index (χ2v) is 6.04. The summed E-state index contributed by atoms with van der Waals surface area (Å²) in [5, 5.41) is 14.0. The molecular formula is C14H22N2O5. The van der Waals surface area contributed by atoms with Gasteiger partial charge in [0, 0.05) is 13.0 Å². The van der Waals surface area contributed by atoms with Crippen molar-refractivity contribution < 1.29 is 24.2 Å². The molecule has 0 radical (unpaired) electrons. The molecule has 1 aliphatic carbocycles. The van der Waals surface area contributed by atoms with Crippen LogP contribution in [0.4, 0.5) is 4.79 Å². The number of carboxylic acid groups (broad SMARTS) is 1. The summed E-state index contributed by atoms with van der Waals surface area (Å²) in [6.07, 6.45) is 4.14. The second kappa shape index (κ2) is 6.89. The first-order chi connectivity index (χ1) is 9.99. The van der Waals surface area contributed by atoms with E-state index in [2.05, 4.69) is 10.6 Å². The Balaban J connectivity index is 1.81. The van der Waals surface area contributed by atoms with Crippen LogP contribution >= 0.6 is 0 Å². The molecule has 2 rings (SSSR count). The van der Waals surface area contributed by atoms with E-state index < -0.39 is 23.3 Å². The first kappa shape index (κ1) is 15.8. The summed E-state index contributed by atoms with van der Waals surface area (Å²) in [5.41, 5.74) is -0.493. The molecule has 21 heavy (non-hydrogen) atoms. The van der Waals surface area contributed by atoms with E-state index in [0.717, 1.165) is 32.1 Å². The molecule has 118 valence electrons. The molecule has 0 spiro atoms. The number of ether oxygens (including phenoxy) is 1. The van der Waals surface area contributed by atoms with E-state index in [9.17, 15) is 14.4 Å². The van der Waals surface area contributed by atoms with Crippen LogP contribution in [0, 0.1) is 5.41 Å². The number of carbonyl (C=O) groups is 3. The molecule has 1 aliphatic heterocycles. The van der Waals surface area contributed by atoms with E-state index in [1.54, 1.807) is 0 Å². The third-order valence-corrected chi connectivity index (χ3v) is 4.24. The quantitative estimate of drug-likeness (QED) is 0.703. The van der Waals surface area contributed by atoms with Crippen LogP contribution in [0.15, 0.2) is 0 Å². The lowest BCUT2D eigenvalue weighted by molar-refractivity contribution is -0.140. The monoisotopic (exact) mass is 298 g/mol. The summed E-state index contributed by atoms with van der Waals surface area (Å²) in [6.45, 7) is 1.07. The van der Waals surface area contributed by atoms with Gasteiger partial charge in [-0.05, 0) is 24.7 Å². The fourth-order valence-corrected chi connectivity index (χ4v) is 3.24. The number of nitrogens with one attached hydrogen (secondary N) is 2. The molecule has 2 fully saturated rings. The van der Waals surface area contributed by atoms with E-state index in [1.807, 2.05) is 0 Å². The number of hydrogen-bond acceptors (Lipinski definition) is 4. The van der Waals surface area contributed by atoms with Crippen molar-refractivity contribution in [2.24, 2.45) is 5.41 Å². The normalized spacial score (nSPS) is 23.7. The van der Waals surface area contributed by atoms with Crippen LogP contribution in [-0.2, 0) is 14.3 Å². The number of imide groups is 1. The predicted molar refractivity (Wildman–Crippen MR) is 73.7 cm³/mol. The van der Waals surface area contributed by atoms with Crippen LogP contribution in [-0.4, -0.2) is 42.3 Å². The highest BCUT2D eigenvalue weighted by Crippen LogP contribution is 2.43. The topological polar surface area (TPSA) is 105 Å². The van der Waals surface area contributed by atoms with E-state index in [0.29, 0.717) is 13.2 Å². The number of hydrogen-bond donors (Lipinski definition) is 3. The van der Waals surface area contributed by atoms with Crippen molar-refractivity contribution >= 4 is 17.9 Å². The Morgan fingerprint density at radius 2 is 1.90 bits per heavy atom. The predicted octanol–water partition coefficient (Wildman–Crippen LogP) is 1.03. The minimum atomic E-state index is -0.891. The van der Waals surface area contributed by atoms with Crippen LogP contribution < -0.4 is 10.6 Å². The maximum absolute atomic E-state index is 12.0. The molecule has 1 heterocycles. The average Bonchev–Trinajstić information content (AvgIpc) is 3.00. The molecule has 1 saturated carbocycles. The van der Waals surface area contributed by atoms with Crippen molar-refractivity contribution in [2.75, 3.05) is 13.2 Å². The van der Waals surface area contributed by atoms with Crippen LogP contribution in [0.5, 0.6) is 0 Å². The zero-order valence-corrected chi connectivity index (χ0v) is 12.0. The number of aliphatic carboxylic acids is 1. The van der Waals surface area contributed by atoms with Crippen molar-refractivity contribution in [2.45, 2.75) is 51.0 Å². The Morgan fingerprint density at radius 3 is 2.48 bits per heavy atom. The summed E-state index contributed by atoms with van der Waals surface area (Å²) < 4.78 is 5.14. The fraction of sp³-hybridized carbons (Fsp3) is 0.786. The van der Waals surface area contributed by atoms with Gasteiger partial charge in [0.15, 0.2) is 0 Å². The standard InChI is InChI=1S/C14H22N2O5/c17-11(16-13(20)15-10-3-6-21-9-10)7-14(8-12(18)19)4-1-2-5-14/h10H,1-9H2,(H,18,19)(H2,15,16,17,20). The molecule has 0 aromatic heterocycles. The average molecular weight is 298 g/mol. The molecule has 1 unspecified atom stereocenters. The van der Waals surface area contributed by atoms with Crippen LogP contribution in [0.2, 0.25) is 0 Å². The molecule has 0 aromatic rings. The van der Waals surface area contributed by atoms with Gasteiger partial charge in [-0.25, -0.2) is 4.79 Å². The smallest absolute Gasteiger partial charge is 0.321 e. The lowest BCUT2D eigenvalue weighted by Crippen LogP contribution is -2.46. The number of carbonyl (C=O) groups excluding carboxylic acids is 2. The molecule has 1 atom stereocenters. The maximum atomic E-state index is 12.0. The minimum Gasteiger partial charge on any atom is -0.481 e. The van der Waals surface area contributed by atoms with Crippen molar-refractivity contribution in [3.8, 4) is 0 Å². The Kier molecular flexibility index (Phi) is 5.17. The first-order valence-electron chi connectivity index (χ1n) is 7.39. The Labute approximate surface area is 123 Å². The van der Waals surface area contributed by atoms with Crippen molar-refractivity contribution in [3.63, 3.8) is 0 Å². The summed E-state index contributed by atoms with van der Waals surface area (Å²) in [7, 11) is 0. The van der Waals surface area contributed by atoms with Gasteiger partial charge in [-0.15, -0.1) is 0 Å². The van der Waals surface area contributed by atoms with Crippen LogP contribution in [0.25, 0.3) is 0 Å². The molecule has 1 saturated heterocycles. The summed E-state index contributed by atoms with van der Waals surface area (Å²) >= 11 is 0. The number of amides is 3.